The van der Waals surface area contributed by atoms with Crippen LogP contribution in [0.15, 0.2) is 84.3 Å². The molecular formula is C27H22N2O5. The number of carbonyl (C=O) groups excluding carboxylic acids is 1. The lowest BCUT2D eigenvalue weighted by atomic mass is 9.83. The molecule has 1 aliphatic rings. The number of fused-ring (bicyclic) bond motifs is 1. The van der Waals surface area contributed by atoms with E-state index >= 15 is 0 Å². The molecule has 3 aromatic rings. The van der Waals surface area contributed by atoms with E-state index in [4.69, 9.17) is 24.7 Å². The Kier molecular flexibility index (Phi) is 6.51. The molecule has 1 atom stereocenters. The van der Waals surface area contributed by atoms with Crippen LogP contribution in [0.5, 0.6) is 23.0 Å². The molecule has 0 spiro atoms. The predicted molar refractivity (Wildman–Crippen MR) is 126 cm³/mol. The van der Waals surface area contributed by atoms with Gasteiger partial charge in [-0.2, -0.15) is 5.26 Å². The highest BCUT2D eigenvalue weighted by molar-refractivity contribution is 5.88. The van der Waals surface area contributed by atoms with Gasteiger partial charge in [0, 0.05) is 29.3 Å². The van der Waals surface area contributed by atoms with Crippen LogP contribution in [0.25, 0.3) is 6.08 Å². The molecule has 0 saturated carbocycles. The number of nitriles is 1. The number of ether oxygens (including phenoxy) is 4. The number of nitrogens with two attached hydrogens (primary N) is 1. The van der Waals surface area contributed by atoms with E-state index in [9.17, 15) is 10.1 Å². The third kappa shape index (κ3) is 4.57. The fraction of sp³-hybridized carbons (Fsp3) is 0.111. The molecule has 1 unspecified atom stereocenters. The van der Waals surface area contributed by atoms with Crippen molar-refractivity contribution in [2.75, 3.05) is 14.2 Å². The maximum absolute atomic E-state index is 12.3. The Balaban J connectivity index is 1.66. The fourth-order valence-electron chi connectivity index (χ4n) is 3.75. The Labute approximate surface area is 197 Å². The van der Waals surface area contributed by atoms with E-state index in [0.717, 1.165) is 11.1 Å². The number of allylic oxidation sites excluding steroid dienone is 1. The summed E-state index contributed by atoms with van der Waals surface area (Å²) >= 11 is 0. The molecule has 0 amide bonds. The van der Waals surface area contributed by atoms with Gasteiger partial charge in [0.2, 0.25) is 5.88 Å². The molecule has 0 saturated heterocycles. The van der Waals surface area contributed by atoms with Crippen molar-refractivity contribution < 1.29 is 23.7 Å². The van der Waals surface area contributed by atoms with E-state index in [1.54, 1.807) is 50.6 Å². The Bertz CT molecular complexity index is 1320. The number of benzene rings is 3. The van der Waals surface area contributed by atoms with Gasteiger partial charge in [0.1, 0.15) is 34.6 Å². The highest BCUT2D eigenvalue weighted by Gasteiger charge is 2.33. The molecule has 0 bridgehead atoms. The smallest absolute Gasteiger partial charge is 0.336 e. The lowest BCUT2D eigenvalue weighted by Crippen LogP contribution is -2.21. The normalized spacial score (nSPS) is 14.7. The van der Waals surface area contributed by atoms with Gasteiger partial charge < -0.3 is 24.7 Å². The first kappa shape index (κ1) is 22.5. The first-order chi connectivity index (χ1) is 16.5. The van der Waals surface area contributed by atoms with Crippen molar-refractivity contribution in [2.24, 2.45) is 5.73 Å². The first-order valence-corrected chi connectivity index (χ1v) is 10.4. The van der Waals surface area contributed by atoms with Crippen LogP contribution < -0.4 is 24.7 Å². The van der Waals surface area contributed by atoms with Gasteiger partial charge in [0.25, 0.3) is 0 Å². The standard InChI is InChI=1S/C27H22N2O5/c1-31-18-9-11-20(23(14-18)32-2)26-21-12-10-19(15-24(21)34-27(29)22(26)16-28)33-25(30)13-8-17-6-4-3-5-7-17/h3-15,26H,29H2,1-2H3/b13-8+. The van der Waals surface area contributed by atoms with Crippen LogP contribution in [0.2, 0.25) is 0 Å². The quantitative estimate of drug-likeness (QED) is 0.331. The predicted octanol–water partition coefficient (Wildman–Crippen LogP) is 4.54. The van der Waals surface area contributed by atoms with Crippen LogP contribution in [-0.4, -0.2) is 20.2 Å². The van der Waals surface area contributed by atoms with Gasteiger partial charge in [-0.1, -0.05) is 42.5 Å². The summed E-state index contributed by atoms with van der Waals surface area (Å²) in [5.74, 6) is 0.747. The summed E-state index contributed by atoms with van der Waals surface area (Å²) in [6.45, 7) is 0. The van der Waals surface area contributed by atoms with E-state index in [0.29, 0.717) is 22.8 Å². The zero-order valence-corrected chi connectivity index (χ0v) is 18.6. The van der Waals surface area contributed by atoms with Crippen LogP contribution in [0, 0.1) is 11.3 Å². The molecule has 4 rings (SSSR count). The summed E-state index contributed by atoms with van der Waals surface area (Å²) in [5, 5.41) is 9.80. The van der Waals surface area contributed by atoms with Gasteiger partial charge in [-0.15, -0.1) is 0 Å². The van der Waals surface area contributed by atoms with Gasteiger partial charge in [0.15, 0.2) is 0 Å². The monoisotopic (exact) mass is 454 g/mol. The molecule has 1 aliphatic heterocycles. The topological polar surface area (TPSA) is 104 Å². The van der Waals surface area contributed by atoms with Crippen LogP contribution in [-0.2, 0) is 4.79 Å². The summed E-state index contributed by atoms with van der Waals surface area (Å²) in [4.78, 5) is 12.3. The molecule has 3 aromatic carbocycles. The summed E-state index contributed by atoms with van der Waals surface area (Å²) in [7, 11) is 3.11. The van der Waals surface area contributed by atoms with E-state index < -0.39 is 11.9 Å². The van der Waals surface area contributed by atoms with Gasteiger partial charge in [0.05, 0.1) is 20.1 Å². The van der Waals surface area contributed by atoms with Crippen LogP contribution in [0.1, 0.15) is 22.6 Å². The van der Waals surface area contributed by atoms with Crippen LogP contribution in [0.3, 0.4) is 0 Å². The summed E-state index contributed by atoms with van der Waals surface area (Å²) in [6.07, 6.45) is 3.02. The molecule has 0 fully saturated rings. The van der Waals surface area contributed by atoms with Gasteiger partial charge in [-0.05, 0) is 23.8 Å². The Morgan fingerprint density at radius 3 is 2.44 bits per heavy atom. The lowest BCUT2D eigenvalue weighted by Gasteiger charge is -2.27. The second kappa shape index (κ2) is 9.84. The average molecular weight is 454 g/mol. The van der Waals surface area contributed by atoms with Crippen molar-refractivity contribution in [1.29, 1.82) is 5.26 Å². The largest absolute Gasteiger partial charge is 0.497 e. The third-order valence-electron chi connectivity index (χ3n) is 5.37. The van der Waals surface area contributed by atoms with Crippen LogP contribution >= 0.6 is 0 Å². The van der Waals surface area contributed by atoms with Crippen molar-refractivity contribution in [2.45, 2.75) is 5.92 Å². The molecule has 2 N–H and O–H groups in total. The highest BCUT2D eigenvalue weighted by Crippen LogP contribution is 2.46. The minimum atomic E-state index is -0.533. The number of esters is 1. The number of methoxy groups -OCH3 is 2. The molecule has 0 aliphatic carbocycles. The zero-order chi connectivity index (χ0) is 24.1. The van der Waals surface area contributed by atoms with Crippen molar-refractivity contribution in [3.05, 3.63) is 101 Å². The maximum Gasteiger partial charge on any atom is 0.336 e. The molecule has 7 nitrogen and oxygen atoms in total. The SMILES string of the molecule is COc1ccc(C2C(C#N)=C(N)Oc3cc(OC(=O)/C=C/c4ccccc4)ccc32)c(OC)c1. The summed E-state index contributed by atoms with van der Waals surface area (Å²) in [5.41, 5.74) is 8.64. The molecule has 34 heavy (non-hydrogen) atoms. The van der Waals surface area contributed by atoms with Crippen molar-refractivity contribution in [3.8, 4) is 29.1 Å². The third-order valence-corrected chi connectivity index (χ3v) is 5.37. The minimum absolute atomic E-state index is 0.0229. The summed E-state index contributed by atoms with van der Waals surface area (Å²) < 4.78 is 22.0. The van der Waals surface area contributed by atoms with E-state index in [-0.39, 0.29) is 17.2 Å². The fourth-order valence-corrected chi connectivity index (χ4v) is 3.75. The number of carbonyl (C=O) groups is 1. The van der Waals surface area contributed by atoms with Crippen LogP contribution in [0.4, 0.5) is 0 Å². The number of hydrogen-bond acceptors (Lipinski definition) is 7. The molecule has 0 aromatic heterocycles. The second-order valence-electron chi connectivity index (χ2n) is 7.40. The molecular weight excluding hydrogens is 432 g/mol. The Hall–Kier alpha value is -4.70. The number of rotatable bonds is 6. The van der Waals surface area contributed by atoms with Crippen molar-refractivity contribution in [3.63, 3.8) is 0 Å². The van der Waals surface area contributed by atoms with Gasteiger partial charge >= 0.3 is 5.97 Å². The summed E-state index contributed by atoms with van der Waals surface area (Å²) in [6, 6.07) is 21.9. The highest BCUT2D eigenvalue weighted by atomic mass is 16.5. The second-order valence-corrected chi connectivity index (χ2v) is 7.40. The number of hydrogen-bond donors (Lipinski definition) is 1. The van der Waals surface area contributed by atoms with Crippen molar-refractivity contribution in [1.82, 2.24) is 0 Å². The minimum Gasteiger partial charge on any atom is -0.497 e. The maximum atomic E-state index is 12.3. The van der Waals surface area contributed by atoms with Crippen molar-refractivity contribution >= 4 is 12.0 Å². The molecule has 0 radical (unpaired) electrons. The Morgan fingerprint density at radius 2 is 1.74 bits per heavy atom. The van der Waals surface area contributed by atoms with Gasteiger partial charge in [-0.25, -0.2) is 4.79 Å². The average Bonchev–Trinajstić information content (AvgIpc) is 2.86. The number of nitrogens with zero attached hydrogens (tertiary/aromatic N) is 1. The van der Waals surface area contributed by atoms with Gasteiger partial charge in [-0.3, -0.25) is 0 Å². The molecule has 7 heteroatoms. The molecule has 1 heterocycles. The van der Waals surface area contributed by atoms with E-state index in [2.05, 4.69) is 6.07 Å². The Morgan fingerprint density at radius 1 is 1.00 bits per heavy atom. The lowest BCUT2D eigenvalue weighted by molar-refractivity contribution is -0.128. The van der Waals surface area contributed by atoms with E-state index in [1.165, 1.54) is 6.08 Å². The van der Waals surface area contributed by atoms with E-state index in [1.807, 2.05) is 36.4 Å². The first-order valence-electron chi connectivity index (χ1n) is 10.4. The zero-order valence-electron chi connectivity index (χ0n) is 18.6. The molecule has 170 valence electrons.